The van der Waals surface area contributed by atoms with Crippen LogP contribution in [0.4, 0.5) is 0 Å². The van der Waals surface area contributed by atoms with E-state index in [4.69, 9.17) is 4.74 Å². The molecule has 16 heavy (non-hydrogen) atoms. The summed E-state index contributed by atoms with van der Waals surface area (Å²) in [4.78, 5) is 0. The van der Waals surface area contributed by atoms with Crippen molar-refractivity contribution in [2.75, 3.05) is 13.7 Å². The smallest absolute Gasteiger partial charge is 0.133 e. The number of hydrogen-bond acceptors (Lipinski definition) is 2. The van der Waals surface area contributed by atoms with E-state index in [-0.39, 0.29) is 0 Å². The predicted octanol–water partition coefficient (Wildman–Crippen LogP) is 3.58. The second-order valence-electron chi connectivity index (χ2n) is 4.31. The molecule has 88 valence electrons. The number of benzene rings is 1. The molecule has 1 aliphatic rings. The van der Waals surface area contributed by atoms with Gasteiger partial charge < -0.3 is 10.1 Å². The maximum atomic E-state index is 5.36. The molecule has 1 saturated heterocycles. The Hall–Kier alpha value is -0.540. The van der Waals surface area contributed by atoms with Crippen LogP contribution in [0, 0.1) is 6.92 Å². The van der Waals surface area contributed by atoms with Crippen molar-refractivity contribution in [1.82, 2.24) is 5.32 Å². The quantitative estimate of drug-likeness (QED) is 0.896. The minimum atomic E-state index is 0.471. The van der Waals surface area contributed by atoms with Gasteiger partial charge in [-0.15, -0.1) is 0 Å². The van der Waals surface area contributed by atoms with E-state index < -0.39 is 0 Å². The molecule has 0 aliphatic carbocycles. The van der Waals surface area contributed by atoms with Crippen molar-refractivity contribution in [1.29, 1.82) is 0 Å². The molecule has 1 aromatic rings. The number of piperidine rings is 1. The van der Waals surface area contributed by atoms with Crippen molar-refractivity contribution in [3.63, 3.8) is 0 Å². The Balaban J connectivity index is 2.37. The molecule has 0 spiro atoms. The van der Waals surface area contributed by atoms with Crippen molar-refractivity contribution < 1.29 is 4.74 Å². The van der Waals surface area contributed by atoms with Gasteiger partial charge in [-0.05, 0) is 59.4 Å². The van der Waals surface area contributed by atoms with Gasteiger partial charge in [0.25, 0.3) is 0 Å². The second-order valence-corrected chi connectivity index (χ2v) is 5.11. The number of rotatable bonds is 2. The van der Waals surface area contributed by atoms with Gasteiger partial charge >= 0.3 is 0 Å². The van der Waals surface area contributed by atoms with E-state index in [0.717, 1.165) is 16.8 Å². The van der Waals surface area contributed by atoms with Gasteiger partial charge in [0.1, 0.15) is 5.75 Å². The Morgan fingerprint density at radius 3 is 2.81 bits per heavy atom. The summed E-state index contributed by atoms with van der Waals surface area (Å²) in [7, 11) is 1.72. The highest BCUT2D eigenvalue weighted by Gasteiger charge is 2.20. The summed E-state index contributed by atoms with van der Waals surface area (Å²) >= 11 is 3.66. The Morgan fingerprint density at radius 2 is 2.19 bits per heavy atom. The average Bonchev–Trinajstić information content (AvgIpc) is 2.31. The molecular formula is C13H18BrNO. The standard InChI is InChI=1S/C13H18BrNO/c1-9-6-7-11(16-2)13(14)12(9)10-5-3-4-8-15-10/h6-7,10,15H,3-5,8H2,1-2H3. The summed E-state index contributed by atoms with van der Waals surface area (Å²) in [5.74, 6) is 0.924. The monoisotopic (exact) mass is 283 g/mol. The second kappa shape index (κ2) is 5.19. The zero-order valence-electron chi connectivity index (χ0n) is 9.85. The molecule has 1 aliphatic heterocycles. The lowest BCUT2D eigenvalue weighted by atomic mass is 9.94. The van der Waals surface area contributed by atoms with Crippen LogP contribution in [0.1, 0.15) is 36.4 Å². The van der Waals surface area contributed by atoms with Crippen LogP contribution in [-0.4, -0.2) is 13.7 Å². The van der Waals surface area contributed by atoms with Crippen molar-refractivity contribution in [3.05, 3.63) is 27.7 Å². The third-order valence-corrected chi connectivity index (χ3v) is 4.06. The first kappa shape index (κ1) is 11.9. The largest absolute Gasteiger partial charge is 0.496 e. The topological polar surface area (TPSA) is 21.3 Å². The van der Waals surface area contributed by atoms with Crippen LogP contribution in [-0.2, 0) is 0 Å². The summed E-state index contributed by atoms with van der Waals surface area (Å²) in [6, 6.07) is 4.62. The molecule has 1 heterocycles. The highest BCUT2D eigenvalue weighted by Crippen LogP contribution is 2.37. The maximum Gasteiger partial charge on any atom is 0.133 e. The molecule has 1 atom stereocenters. The summed E-state index contributed by atoms with van der Waals surface area (Å²) in [6.07, 6.45) is 3.81. The zero-order chi connectivity index (χ0) is 11.5. The van der Waals surface area contributed by atoms with Crippen LogP contribution in [0.2, 0.25) is 0 Å². The molecule has 2 rings (SSSR count). The minimum absolute atomic E-state index is 0.471. The molecular weight excluding hydrogens is 266 g/mol. The molecule has 2 nitrogen and oxygen atoms in total. The molecule has 1 fully saturated rings. The lowest BCUT2D eigenvalue weighted by molar-refractivity contribution is 0.396. The minimum Gasteiger partial charge on any atom is -0.496 e. The van der Waals surface area contributed by atoms with E-state index in [2.05, 4.69) is 34.2 Å². The third-order valence-electron chi connectivity index (χ3n) is 3.24. The number of aryl methyl sites for hydroxylation is 1. The Labute approximate surface area is 106 Å². The number of methoxy groups -OCH3 is 1. The van der Waals surface area contributed by atoms with E-state index in [1.165, 1.54) is 30.4 Å². The van der Waals surface area contributed by atoms with Crippen LogP contribution >= 0.6 is 15.9 Å². The van der Waals surface area contributed by atoms with Gasteiger partial charge in [0, 0.05) is 6.04 Å². The number of ether oxygens (including phenoxy) is 1. The summed E-state index contributed by atoms with van der Waals surface area (Å²) in [6.45, 7) is 3.28. The van der Waals surface area contributed by atoms with Crippen molar-refractivity contribution in [3.8, 4) is 5.75 Å². The Kier molecular flexibility index (Phi) is 3.87. The molecule has 0 radical (unpaired) electrons. The SMILES string of the molecule is COc1ccc(C)c(C2CCCCN2)c1Br. The van der Waals surface area contributed by atoms with E-state index in [1.807, 2.05) is 6.07 Å². The fourth-order valence-corrected chi connectivity index (χ4v) is 3.24. The van der Waals surface area contributed by atoms with E-state index in [9.17, 15) is 0 Å². The molecule has 1 N–H and O–H groups in total. The van der Waals surface area contributed by atoms with Gasteiger partial charge in [-0.1, -0.05) is 12.5 Å². The molecule has 0 bridgehead atoms. The van der Waals surface area contributed by atoms with Crippen LogP contribution in [0.5, 0.6) is 5.75 Å². The molecule has 1 aromatic carbocycles. The molecule has 0 amide bonds. The molecule has 1 unspecified atom stereocenters. The van der Waals surface area contributed by atoms with Gasteiger partial charge in [0.15, 0.2) is 0 Å². The van der Waals surface area contributed by atoms with E-state index in [0.29, 0.717) is 6.04 Å². The van der Waals surface area contributed by atoms with Gasteiger partial charge in [0.05, 0.1) is 11.6 Å². The molecule has 0 saturated carbocycles. The summed E-state index contributed by atoms with van der Waals surface area (Å²) < 4.78 is 6.46. The van der Waals surface area contributed by atoms with Crippen LogP contribution in [0.25, 0.3) is 0 Å². The Bertz CT molecular complexity index is 372. The third kappa shape index (κ3) is 2.25. The lowest BCUT2D eigenvalue weighted by Crippen LogP contribution is -2.27. The average molecular weight is 284 g/mol. The van der Waals surface area contributed by atoms with Crippen molar-refractivity contribution in [2.24, 2.45) is 0 Å². The lowest BCUT2D eigenvalue weighted by Gasteiger charge is -2.27. The molecule has 3 heteroatoms. The van der Waals surface area contributed by atoms with Gasteiger partial charge in [0.2, 0.25) is 0 Å². The highest BCUT2D eigenvalue weighted by atomic mass is 79.9. The number of nitrogens with one attached hydrogen (secondary N) is 1. The fourth-order valence-electron chi connectivity index (χ4n) is 2.35. The Morgan fingerprint density at radius 1 is 1.38 bits per heavy atom. The first-order valence-electron chi connectivity index (χ1n) is 5.80. The van der Waals surface area contributed by atoms with E-state index in [1.54, 1.807) is 7.11 Å². The highest BCUT2D eigenvalue weighted by molar-refractivity contribution is 9.10. The van der Waals surface area contributed by atoms with Crippen LogP contribution in [0.15, 0.2) is 16.6 Å². The van der Waals surface area contributed by atoms with E-state index >= 15 is 0 Å². The first-order chi connectivity index (χ1) is 7.74. The fraction of sp³-hybridized carbons (Fsp3) is 0.538. The maximum absolute atomic E-state index is 5.36. The van der Waals surface area contributed by atoms with Gasteiger partial charge in [-0.25, -0.2) is 0 Å². The summed E-state index contributed by atoms with van der Waals surface area (Å²) in [5, 5.41) is 3.58. The van der Waals surface area contributed by atoms with Crippen LogP contribution in [0.3, 0.4) is 0 Å². The van der Waals surface area contributed by atoms with Gasteiger partial charge in [-0.2, -0.15) is 0 Å². The summed E-state index contributed by atoms with van der Waals surface area (Å²) in [5.41, 5.74) is 2.69. The normalized spacial score (nSPS) is 20.8. The predicted molar refractivity (Wildman–Crippen MR) is 70.0 cm³/mol. The van der Waals surface area contributed by atoms with Crippen LogP contribution < -0.4 is 10.1 Å². The number of halogens is 1. The number of hydrogen-bond donors (Lipinski definition) is 1. The first-order valence-corrected chi connectivity index (χ1v) is 6.59. The van der Waals surface area contributed by atoms with Crippen molar-refractivity contribution in [2.45, 2.75) is 32.2 Å². The molecule has 0 aromatic heterocycles. The zero-order valence-corrected chi connectivity index (χ0v) is 11.4. The van der Waals surface area contributed by atoms with Crippen molar-refractivity contribution >= 4 is 15.9 Å². The van der Waals surface area contributed by atoms with Gasteiger partial charge in [-0.3, -0.25) is 0 Å².